The Morgan fingerprint density at radius 1 is 1.25 bits per heavy atom. The number of hydrogen-bond donors (Lipinski definition) is 1. The molecule has 1 fully saturated rings. The SMILES string of the molecule is CCN1CCC(N)CC1.Fc1ccccc1. The van der Waals surface area contributed by atoms with Crippen LogP contribution < -0.4 is 5.73 Å². The zero-order valence-corrected chi connectivity index (χ0v) is 9.90. The van der Waals surface area contributed by atoms with Gasteiger partial charge in [-0.15, -0.1) is 0 Å². The first-order chi connectivity index (χ1) is 7.72. The van der Waals surface area contributed by atoms with Gasteiger partial charge in [0.15, 0.2) is 0 Å². The molecule has 1 aromatic rings. The molecule has 1 aliphatic heterocycles. The van der Waals surface area contributed by atoms with E-state index in [1.807, 2.05) is 0 Å². The molecule has 0 amide bonds. The Bertz CT molecular complexity index is 269. The van der Waals surface area contributed by atoms with Crippen LogP contribution in [0.5, 0.6) is 0 Å². The van der Waals surface area contributed by atoms with Crippen LogP contribution >= 0.6 is 0 Å². The molecule has 1 aromatic carbocycles. The highest BCUT2D eigenvalue weighted by atomic mass is 19.1. The maximum atomic E-state index is 11.9. The summed E-state index contributed by atoms with van der Waals surface area (Å²) >= 11 is 0. The topological polar surface area (TPSA) is 29.3 Å². The van der Waals surface area contributed by atoms with Gasteiger partial charge in [0, 0.05) is 6.04 Å². The van der Waals surface area contributed by atoms with E-state index in [1.54, 1.807) is 18.2 Å². The smallest absolute Gasteiger partial charge is 0.123 e. The molecule has 2 N–H and O–H groups in total. The van der Waals surface area contributed by atoms with Crippen LogP contribution in [0.15, 0.2) is 30.3 Å². The third-order valence-corrected chi connectivity index (χ3v) is 2.81. The maximum Gasteiger partial charge on any atom is 0.123 e. The molecule has 16 heavy (non-hydrogen) atoms. The van der Waals surface area contributed by atoms with Crippen molar-refractivity contribution >= 4 is 0 Å². The van der Waals surface area contributed by atoms with E-state index in [0.717, 1.165) is 0 Å². The highest BCUT2D eigenvalue weighted by Crippen LogP contribution is 2.06. The van der Waals surface area contributed by atoms with Gasteiger partial charge in [0.05, 0.1) is 0 Å². The largest absolute Gasteiger partial charge is 0.328 e. The Morgan fingerprint density at radius 3 is 2.19 bits per heavy atom. The summed E-state index contributed by atoms with van der Waals surface area (Å²) in [6.45, 7) is 5.80. The standard InChI is InChI=1S/C7H16N2.C6H5F/c1-2-9-5-3-7(8)4-6-9;7-6-4-2-1-3-5-6/h7H,2-6,8H2,1H3;1-5H. The van der Waals surface area contributed by atoms with Crippen molar-refractivity contribution in [3.8, 4) is 0 Å². The number of piperidine rings is 1. The second kappa shape index (κ2) is 7.36. The van der Waals surface area contributed by atoms with Gasteiger partial charge in [0.2, 0.25) is 0 Å². The van der Waals surface area contributed by atoms with E-state index in [4.69, 9.17) is 5.73 Å². The predicted molar refractivity (Wildman–Crippen MR) is 65.7 cm³/mol. The molecule has 3 heteroatoms. The summed E-state index contributed by atoms with van der Waals surface area (Å²) in [7, 11) is 0. The lowest BCUT2D eigenvalue weighted by Crippen LogP contribution is -2.39. The molecular weight excluding hydrogens is 203 g/mol. The quantitative estimate of drug-likeness (QED) is 0.792. The minimum atomic E-state index is -0.178. The minimum Gasteiger partial charge on any atom is -0.328 e. The van der Waals surface area contributed by atoms with E-state index in [1.165, 1.54) is 44.6 Å². The van der Waals surface area contributed by atoms with Crippen LogP contribution in [0.25, 0.3) is 0 Å². The average Bonchev–Trinajstić information content (AvgIpc) is 2.32. The summed E-state index contributed by atoms with van der Waals surface area (Å²) in [4.78, 5) is 2.45. The molecule has 90 valence electrons. The summed E-state index contributed by atoms with van der Waals surface area (Å²) in [5.41, 5.74) is 5.72. The van der Waals surface area contributed by atoms with Crippen LogP contribution in [0.3, 0.4) is 0 Å². The summed E-state index contributed by atoms with van der Waals surface area (Å²) in [6.07, 6.45) is 2.38. The van der Waals surface area contributed by atoms with Gasteiger partial charge in [-0.1, -0.05) is 25.1 Å². The second-order valence-electron chi connectivity index (χ2n) is 4.07. The number of nitrogens with zero attached hydrogens (tertiary/aromatic N) is 1. The summed E-state index contributed by atoms with van der Waals surface area (Å²) in [5.74, 6) is -0.178. The molecule has 0 aliphatic carbocycles. The van der Waals surface area contributed by atoms with Crippen LogP contribution in [0.4, 0.5) is 4.39 Å². The van der Waals surface area contributed by atoms with E-state index in [2.05, 4.69) is 11.8 Å². The first-order valence-electron chi connectivity index (χ1n) is 5.91. The van der Waals surface area contributed by atoms with Crippen LogP contribution in [0.2, 0.25) is 0 Å². The van der Waals surface area contributed by atoms with Crippen molar-refractivity contribution in [1.29, 1.82) is 0 Å². The highest BCUT2D eigenvalue weighted by Gasteiger charge is 2.13. The van der Waals surface area contributed by atoms with Crippen LogP contribution in [0.1, 0.15) is 19.8 Å². The normalized spacial score (nSPS) is 17.7. The molecule has 0 bridgehead atoms. The van der Waals surface area contributed by atoms with E-state index in [-0.39, 0.29) is 5.82 Å². The van der Waals surface area contributed by atoms with Crippen molar-refractivity contribution in [1.82, 2.24) is 4.90 Å². The van der Waals surface area contributed by atoms with E-state index >= 15 is 0 Å². The van der Waals surface area contributed by atoms with Crippen molar-refractivity contribution in [2.45, 2.75) is 25.8 Å². The molecule has 0 saturated carbocycles. The number of rotatable bonds is 1. The molecule has 0 spiro atoms. The number of halogens is 1. The van der Waals surface area contributed by atoms with Crippen LogP contribution in [0, 0.1) is 5.82 Å². The molecule has 1 saturated heterocycles. The van der Waals surface area contributed by atoms with Crippen molar-refractivity contribution in [3.05, 3.63) is 36.1 Å². The summed E-state index contributed by atoms with van der Waals surface area (Å²) in [5, 5.41) is 0. The van der Waals surface area contributed by atoms with Gasteiger partial charge in [-0.3, -0.25) is 0 Å². The highest BCUT2D eigenvalue weighted by molar-refractivity contribution is 5.02. The molecule has 0 atom stereocenters. The average molecular weight is 224 g/mol. The predicted octanol–water partition coefficient (Wildman–Crippen LogP) is 2.26. The Labute approximate surface area is 97.3 Å². The van der Waals surface area contributed by atoms with Gasteiger partial charge in [0.1, 0.15) is 5.82 Å². The first-order valence-corrected chi connectivity index (χ1v) is 5.91. The molecule has 1 aliphatic rings. The zero-order chi connectivity index (χ0) is 11.8. The zero-order valence-electron chi connectivity index (χ0n) is 9.90. The van der Waals surface area contributed by atoms with Crippen molar-refractivity contribution in [2.24, 2.45) is 5.73 Å². The van der Waals surface area contributed by atoms with E-state index in [0.29, 0.717) is 6.04 Å². The fourth-order valence-electron chi connectivity index (χ4n) is 1.68. The molecule has 2 nitrogen and oxygen atoms in total. The monoisotopic (exact) mass is 224 g/mol. The van der Waals surface area contributed by atoms with Crippen molar-refractivity contribution in [2.75, 3.05) is 19.6 Å². The van der Waals surface area contributed by atoms with E-state index in [9.17, 15) is 4.39 Å². The number of benzene rings is 1. The third-order valence-electron chi connectivity index (χ3n) is 2.81. The van der Waals surface area contributed by atoms with Crippen molar-refractivity contribution in [3.63, 3.8) is 0 Å². The van der Waals surface area contributed by atoms with Crippen LogP contribution in [-0.2, 0) is 0 Å². The lowest BCUT2D eigenvalue weighted by Gasteiger charge is -2.28. The number of likely N-dealkylation sites (tertiary alicyclic amines) is 1. The third kappa shape index (κ3) is 5.24. The Hall–Kier alpha value is -0.930. The molecule has 0 aromatic heterocycles. The van der Waals surface area contributed by atoms with Crippen LogP contribution in [-0.4, -0.2) is 30.6 Å². The fourth-order valence-corrected chi connectivity index (χ4v) is 1.68. The molecule has 0 unspecified atom stereocenters. The fraction of sp³-hybridized carbons (Fsp3) is 0.538. The minimum absolute atomic E-state index is 0.178. The maximum absolute atomic E-state index is 11.9. The van der Waals surface area contributed by atoms with Gasteiger partial charge in [-0.05, 0) is 44.6 Å². The lowest BCUT2D eigenvalue weighted by atomic mass is 10.1. The summed E-state index contributed by atoms with van der Waals surface area (Å²) in [6, 6.07) is 8.42. The first kappa shape index (κ1) is 13.1. The number of hydrogen-bond acceptors (Lipinski definition) is 2. The Morgan fingerprint density at radius 2 is 1.81 bits per heavy atom. The molecule has 2 rings (SSSR count). The van der Waals surface area contributed by atoms with Crippen molar-refractivity contribution < 1.29 is 4.39 Å². The molecule has 1 heterocycles. The van der Waals surface area contributed by atoms with Gasteiger partial charge in [-0.2, -0.15) is 0 Å². The summed E-state index contributed by atoms with van der Waals surface area (Å²) < 4.78 is 11.9. The van der Waals surface area contributed by atoms with Gasteiger partial charge >= 0.3 is 0 Å². The molecule has 0 radical (unpaired) electrons. The van der Waals surface area contributed by atoms with Gasteiger partial charge < -0.3 is 10.6 Å². The Balaban J connectivity index is 0.000000165. The van der Waals surface area contributed by atoms with E-state index < -0.39 is 0 Å². The Kier molecular flexibility index (Phi) is 6.04. The number of nitrogens with two attached hydrogens (primary N) is 1. The van der Waals surface area contributed by atoms with Gasteiger partial charge in [-0.25, -0.2) is 4.39 Å². The van der Waals surface area contributed by atoms with Gasteiger partial charge in [0.25, 0.3) is 0 Å². The molecular formula is C13H21FN2. The lowest BCUT2D eigenvalue weighted by molar-refractivity contribution is 0.223. The second-order valence-corrected chi connectivity index (χ2v) is 4.07.